The number of para-hydroxylation sites is 1. The Bertz CT molecular complexity index is 1470. The van der Waals surface area contributed by atoms with Crippen LogP contribution >= 0.6 is 0 Å². The highest BCUT2D eigenvalue weighted by molar-refractivity contribution is 6.22. The van der Waals surface area contributed by atoms with E-state index in [-0.39, 0.29) is 40.7 Å². The molecule has 13 heteroatoms. The van der Waals surface area contributed by atoms with Gasteiger partial charge in [-0.05, 0) is 61.1 Å². The zero-order valence-corrected chi connectivity index (χ0v) is 24.2. The van der Waals surface area contributed by atoms with Crippen molar-refractivity contribution in [3.05, 3.63) is 75.9 Å². The number of amides is 2. The number of aliphatic hydroxyl groups is 3. The third-order valence-electron chi connectivity index (χ3n) is 8.37. The van der Waals surface area contributed by atoms with Crippen molar-refractivity contribution in [3.63, 3.8) is 0 Å². The van der Waals surface area contributed by atoms with Crippen LogP contribution in [-0.4, -0.2) is 51.6 Å². The molecule has 244 valence electrons. The number of allylic oxidation sites excluding steroid dienone is 1. The van der Waals surface area contributed by atoms with Crippen LogP contribution in [0.3, 0.4) is 0 Å². The molecular formula is C32H33F6NO6. The molecule has 0 aromatic heterocycles. The van der Waals surface area contributed by atoms with Crippen LogP contribution in [0.15, 0.2) is 59.2 Å². The molecule has 1 fully saturated rings. The third-order valence-corrected chi connectivity index (χ3v) is 8.37. The lowest BCUT2D eigenvalue weighted by molar-refractivity contribution is -0.143. The van der Waals surface area contributed by atoms with Crippen LogP contribution in [0, 0.1) is 17.8 Å². The average Bonchev–Trinajstić information content (AvgIpc) is 3.23. The van der Waals surface area contributed by atoms with Crippen molar-refractivity contribution in [1.29, 1.82) is 0 Å². The topological polar surface area (TPSA) is 118 Å². The molecule has 2 amide bonds. The minimum atomic E-state index is -5.21. The zero-order valence-electron chi connectivity index (χ0n) is 24.2. The minimum Gasteiger partial charge on any atom is -0.507 e. The summed E-state index contributed by atoms with van der Waals surface area (Å²) in [6.45, 7) is 0.502. The number of aromatic hydroxyl groups is 1. The number of alkyl halides is 6. The summed E-state index contributed by atoms with van der Waals surface area (Å²) in [5.74, 6) is -6.01. The lowest BCUT2D eigenvalue weighted by atomic mass is 9.68. The number of aliphatic hydroxyl groups excluding tert-OH is 3. The van der Waals surface area contributed by atoms with Gasteiger partial charge in [0.2, 0.25) is 11.8 Å². The van der Waals surface area contributed by atoms with E-state index in [1.54, 1.807) is 24.3 Å². The Morgan fingerprint density at radius 2 is 1.60 bits per heavy atom. The molecule has 1 heterocycles. The monoisotopic (exact) mass is 641 g/mol. The molecule has 4 N–H and O–H groups in total. The first kappa shape index (κ1) is 34.2. The van der Waals surface area contributed by atoms with Gasteiger partial charge in [-0.15, -0.1) is 0 Å². The van der Waals surface area contributed by atoms with Crippen molar-refractivity contribution >= 4 is 23.6 Å². The standard InChI is InChI=1S/C32H33F6NO6/c1-2-5-17(10-18-6-3-4-7-25(18)42)8-9-26(43)27-19(15-40)11-23-28(24(27)16-41)30(45)39(29(23)44)22-13-20(31(33,34)35)12-21(14-22)32(36,37)38/h3-4,6-7,10,12-14,23-24,26,28,40-43H,2,5,8-9,11,15-16H2,1H3/b17-10+/t23-,24+,26-,28-/m1/s1. The SMILES string of the molecule is CCC/C(=C\c1ccccc1O)CC[C@@H](O)C1=C(CO)C[C@H]2C(=O)N(c3cc(C(F)(F)F)cc(C(F)(F)F)c3)C(=O)[C@H]2[C@H]1CO. The number of benzene rings is 2. The van der Waals surface area contributed by atoms with Gasteiger partial charge in [0.25, 0.3) is 0 Å². The number of carbonyl (C=O) groups is 2. The van der Waals surface area contributed by atoms with Crippen LogP contribution in [0.25, 0.3) is 6.08 Å². The molecule has 7 nitrogen and oxygen atoms in total. The van der Waals surface area contributed by atoms with Crippen molar-refractivity contribution in [3.8, 4) is 5.75 Å². The van der Waals surface area contributed by atoms with Gasteiger partial charge in [-0.2, -0.15) is 26.3 Å². The first-order valence-electron chi connectivity index (χ1n) is 14.4. The van der Waals surface area contributed by atoms with Gasteiger partial charge >= 0.3 is 12.4 Å². The summed E-state index contributed by atoms with van der Waals surface area (Å²) in [6, 6.07) is 7.13. The second-order valence-electron chi connectivity index (χ2n) is 11.3. The maximum absolute atomic E-state index is 13.6. The Hall–Kier alpha value is -3.68. The number of nitrogens with zero attached hydrogens (tertiary/aromatic N) is 1. The van der Waals surface area contributed by atoms with Crippen LogP contribution in [0.5, 0.6) is 5.75 Å². The summed E-state index contributed by atoms with van der Waals surface area (Å²) in [4.78, 5) is 27.3. The number of phenolic OH excluding ortho intramolecular Hbond substituents is 1. The number of phenols is 1. The van der Waals surface area contributed by atoms with Gasteiger partial charge in [0.05, 0.1) is 48.0 Å². The van der Waals surface area contributed by atoms with E-state index in [2.05, 4.69) is 0 Å². The molecule has 2 aliphatic rings. The highest BCUT2D eigenvalue weighted by atomic mass is 19.4. The van der Waals surface area contributed by atoms with Gasteiger partial charge in [0, 0.05) is 11.5 Å². The summed E-state index contributed by atoms with van der Waals surface area (Å²) in [7, 11) is 0. The maximum atomic E-state index is 13.6. The smallest absolute Gasteiger partial charge is 0.416 e. The van der Waals surface area contributed by atoms with E-state index in [1.807, 2.05) is 6.92 Å². The number of carbonyl (C=O) groups excluding carboxylic acids is 2. The third kappa shape index (κ3) is 7.10. The highest BCUT2D eigenvalue weighted by Crippen LogP contribution is 2.48. The summed E-state index contributed by atoms with van der Waals surface area (Å²) in [6.07, 6.45) is -8.47. The van der Waals surface area contributed by atoms with Gasteiger partial charge in [0.1, 0.15) is 5.75 Å². The predicted molar refractivity (Wildman–Crippen MR) is 151 cm³/mol. The molecule has 0 unspecified atom stereocenters. The molecule has 0 saturated carbocycles. The van der Waals surface area contributed by atoms with Gasteiger partial charge < -0.3 is 20.4 Å². The fraction of sp³-hybridized carbons (Fsp3) is 0.438. The number of rotatable bonds is 10. The van der Waals surface area contributed by atoms with Crippen molar-refractivity contribution in [1.82, 2.24) is 0 Å². The molecule has 4 rings (SSSR count). The summed E-state index contributed by atoms with van der Waals surface area (Å²) >= 11 is 0. The lowest BCUT2D eigenvalue weighted by Crippen LogP contribution is -2.39. The van der Waals surface area contributed by atoms with Gasteiger partial charge in [0.15, 0.2) is 0 Å². The van der Waals surface area contributed by atoms with Crippen molar-refractivity contribution in [2.24, 2.45) is 17.8 Å². The maximum Gasteiger partial charge on any atom is 0.416 e. The molecule has 0 spiro atoms. The normalized spacial score (nSPS) is 21.9. The lowest BCUT2D eigenvalue weighted by Gasteiger charge is -2.36. The van der Waals surface area contributed by atoms with Crippen molar-refractivity contribution in [2.75, 3.05) is 18.1 Å². The highest BCUT2D eigenvalue weighted by Gasteiger charge is 2.55. The number of halogens is 6. The Balaban J connectivity index is 1.66. The van der Waals surface area contributed by atoms with Crippen molar-refractivity contribution in [2.45, 2.75) is 57.5 Å². The molecule has 45 heavy (non-hydrogen) atoms. The second-order valence-corrected chi connectivity index (χ2v) is 11.3. The molecule has 0 bridgehead atoms. The van der Waals surface area contributed by atoms with Crippen molar-refractivity contribution < 1.29 is 56.4 Å². The van der Waals surface area contributed by atoms with E-state index in [1.165, 1.54) is 6.07 Å². The number of anilines is 1. The Morgan fingerprint density at radius 1 is 0.978 bits per heavy atom. The molecule has 1 aliphatic carbocycles. The number of hydrogen-bond donors (Lipinski definition) is 4. The first-order valence-corrected chi connectivity index (χ1v) is 14.4. The molecule has 1 saturated heterocycles. The van der Waals surface area contributed by atoms with E-state index in [4.69, 9.17) is 0 Å². The number of hydrogen-bond acceptors (Lipinski definition) is 6. The summed E-state index contributed by atoms with van der Waals surface area (Å²) < 4.78 is 81.1. The average molecular weight is 642 g/mol. The number of imide groups is 1. The van der Waals surface area contributed by atoms with Crippen LogP contribution in [0.2, 0.25) is 0 Å². The van der Waals surface area contributed by atoms with Crippen LogP contribution in [-0.2, 0) is 21.9 Å². The summed E-state index contributed by atoms with van der Waals surface area (Å²) in [5.41, 5.74) is -2.60. The number of fused-ring (bicyclic) bond motifs is 1. The fourth-order valence-corrected chi connectivity index (χ4v) is 6.33. The second kappa shape index (κ2) is 13.4. The van der Waals surface area contributed by atoms with E-state index in [0.717, 1.165) is 12.0 Å². The van der Waals surface area contributed by atoms with E-state index in [0.29, 0.717) is 30.5 Å². The van der Waals surface area contributed by atoms with E-state index in [9.17, 15) is 56.4 Å². The summed E-state index contributed by atoms with van der Waals surface area (Å²) in [5, 5.41) is 42.0. The van der Waals surface area contributed by atoms with Gasteiger partial charge in [-0.1, -0.05) is 43.2 Å². The minimum absolute atomic E-state index is 0.0627. The quantitative estimate of drug-likeness (QED) is 0.147. The molecule has 4 atom stereocenters. The molecule has 2 aromatic rings. The van der Waals surface area contributed by atoms with Gasteiger partial charge in [-0.25, -0.2) is 4.90 Å². The van der Waals surface area contributed by atoms with Gasteiger partial charge in [-0.3, -0.25) is 9.59 Å². The van der Waals surface area contributed by atoms with Crippen LogP contribution in [0.4, 0.5) is 32.0 Å². The molecular weight excluding hydrogens is 608 g/mol. The molecule has 0 radical (unpaired) electrons. The Kier molecular flexibility index (Phi) is 10.1. The van der Waals surface area contributed by atoms with Crippen LogP contribution in [0.1, 0.15) is 55.7 Å². The Labute approximate surface area is 255 Å². The van der Waals surface area contributed by atoms with Crippen LogP contribution < -0.4 is 4.90 Å². The fourth-order valence-electron chi connectivity index (χ4n) is 6.33. The predicted octanol–water partition coefficient (Wildman–Crippen LogP) is 5.86. The molecule has 2 aromatic carbocycles. The Morgan fingerprint density at radius 3 is 2.13 bits per heavy atom. The zero-order chi connectivity index (χ0) is 33.3. The van der Waals surface area contributed by atoms with E-state index < -0.39 is 78.1 Å². The van der Waals surface area contributed by atoms with E-state index >= 15 is 0 Å². The first-order chi connectivity index (χ1) is 21.1. The largest absolute Gasteiger partial charge is 0.507 e. The molecule has 1 aliphatic heterocycles.